The van der Waals surface area contributed by atoms with Crippen molar-refractivity contribution in [3.63, 3.8) is 0 Å². The predicted molar refractivity (Wildman–Crippen MR) is 57.3 cm³/mol. The van der Waals surface area contributed by atoms with Gasteiger partial charge >= 0.3 is 5.97 Å². The van der Waals surface area contributed by atoms with E-state index in [1.54, 1.807) is 12.1 Å². The molecule has 0 amide bonds. The van der Waals surface area contributed by atoms with E-state index in [2.05, 4.69) is 0 Å². The van der Waals surface area contributed by atoms with Crippen LogP contribution in [0.5, 0.6) is 0 Å². The van der Waals surface area contributed by atoms with Gasteiger partial charge in [0, 0.05) is 11.8 Å². The minimum atomic E-state index is -1.05. The van der Waals surface area contributed by atoms with Gasteiger partial charge in [0.25, 0.3) is 0 Å². The summed E-state index contributed by atoms with van der Waals surface area (Å²) in [5.74, 6) is -1.63. The van der Waals surface area contributed by atoms with Crippen LogP contribution in [0.15, 0.2) is 34.7 Å². The van der Waals surface area contributed by atoms with Gasteiger partial charge in [0.05, 0.1) is 0 Å². The first-order chi connectivity index (χ1) is 7.72. The highest BCUT2D eigenvalue weighted by atomic mass is 16.4. The highest BCUT2D eigenvalue weighted by molar-refractivity contribution is 5.83. The van der Waals surface area contributed by atoms with E-state index in [-0.39, 0.29) is 6.42 Å². The van der Waals surface area contributed by atoms with E-state index in [0.717, 1.165) is 5.39 Å². The van der Waals surface area contributed by atoms with Crippen molar-refractivity contribution in [3.05, 3.63) is 36.1 Å². The Morgan fingerprint density at radius 3 is 2.81 bits per heavy atom. The molecule has 4 heteroatoms. The predicted octanol–water partition coefficient (Wildman–Crippen LogP) is 2.19. The summed E-state index contributed by atoms with van der Waals surface area (Å²) in [5, 5.41) is 9.81. The van der Waals surface area contributed by atoms with Crippen LogP contribution in [0.2, 0.25) is 0 Å². The van der Waals surface area contributed by atoms with E-state index >= 15 is 0 Å². The number of aldehydes is 1. The zero-order chi connectivity index (χ0) is 11.5. The molecule has 1 atom stereocenters. The third-order valence-corrected chi connectivity index (χ3v) is 2.42. The third-order valence-electron chi connectivity index (χ3n) is 2.42. The molecule has 16 heavy (non-hydrogen) atoms. The van der Waals surface area contributed by atoms with Gasteiger partial charge in [-0.25, -0.2) is 0 Å². The molecular formula is C12H10O4. The number of furan rings is 1. The lowest BCUT2D eigenvalue weighted by atomic mass is 10.0. The molecule has 0 bridgehead atoms. The molecule has 0 saturated carbocycles. The average molecular weight is 218 g/mol. The van der Waals surface area contributed by atoms with Gasteiger partial charge in [-0.2, -0.15) is 0 Å². The lowest BCUT2D eigenvalue weighted by molar-refractivity contribution is -0.140. The Morgan fingerprint density at radius 1 is 1.44 bits per heavy atom. The molecule has 1 aromatic heterocycles. The number of carboxylic acid groups (broad SMARTS) is 1. The largest absolute Gasteiger partial charge is 0.481 e. The van der Waals surface area contributed by atoms with Crippen molar-refractivity contribution in [3.8, 4) is 0 Å². The molecule has 1 aromatic carbocycles. The third kappa shape index (κ3) is 1.82. The smallest absolute Gasteiger partial charge is 0.314 e. The van der Waals surface area contributed by atoms with Gasteiger partial charge in [0.1, 0.15) is 23.5 Å². The van der Waals surface area contributed by atoms with Crippen molar-refractivity contribution in [2.75, 3.05) is 0 Å². The maximum absolute atomic E-state index is 10.9. The Bertz CT molecular complexity index is 494. The molecule has 0 aliphatic rings. The molecule has 0 fully saturated rings. The van der Waals surface area contributed by atoms with E-state index in [0.29, 0.717) is 17.6 Å². The second kappa shape index (κ2) is 4.18. The summed E-state index contributed by atoms with van der Waals surface area (Å²) in [6.45, 7) is 0. The van der Waals surface area contributed by atoms with Gasteiger partial charge in [-0.1, -0.05) is 18.2 Å². The number of carbonyl (C=O) groups is 2. The van der Waals surface area contributed by atoms with Crippen LogP contribution in [0.3, 0.4) is 0 Å². The van der Waals surface area contributed by atoms with Crippen LogP contribution in [0.4, 0.5) is 0 Å². The number of para-hydroxylation sites is 1. The van der Waals surface area contributed by atoms with E-state index in [4.69, 9.17) is 9.52 Å². The van der Waals surface area contributed by atoms with Crippen LogP contribution in [-0.2, 0) is 9.59 Å². The number of carboxylic acids is 1. The van der Waals surface area contributed by atoms with Crippen LogP contribution in [-0.4, -0.2) is 17.4 Å². The zero-order valence-electron chi connectivity index (χ0n) is 8.42. The van der Waals surface area contributed by atoms with Crippen LogP contribution in [0.1, 0.15) is 18.1 Å². The van der Waals surface area contributed by atoms with Crippen molar-refractivity contribution < 1.29 is 19.1 Å². The molecule has 0 spiro atoms. The fourth-order valence-electron chi connectivity index (χ4n) is 1.61. The average Bonchev–Trinajstić information content (AvgIpc) is 2.68. The molecule has 82 valence electrons. The number of hydrogen-bond donors (Lipinski definition) is 1. The van der Waals surface area contributed by atoms with Gasteiger partial charge in [0.2, 0.25) is 0 Å². The summed E-state index contributed by atoms with van der Waals surface area (Å²) in [6.07, 6.45) is 0.515. The number of aliphatic carboxylic acids is 1. The first-order valence-corrected chi connectivity index (χ1v) is 4.87. The summed E-state index contributed by atoms with van der Waals surface area (Å²) in [5.41, 5.74) is 0.634. The van der Waals surface area contributed by atoms with Crippen LogP contribution in [0, 0.1) is 0 Å². The molecule has 0 radical (unpaired) electrons. The summed E-state index contributed by atoms with van der Waals surface area (Å²) in [6, 6.07) is 8.92. The van der Waals surface area contributed by atoms with Gasteiger partial charge < -0.3 is 14.3 Å². The monoisotopic (exact) mass is 218 g/mol. The van der Waals surface area contributed by atoms with Crippen LogP contribution in [0.25, 0.3) is 11.0 Å². The zero-order valence-corrected chi connectivity index (χ0v) is 8.42. The summed E-state index contributed by atoms with van der Waals surface area (Å²) in [7, 11) is 0. The fraction of sp³-hybridized carbons (Fsp3) is 0.167. The highest BCUT2D eigenvalue weighted by Gasteiger charge is 2.23. The Morgan fingerprint density at radius 2 is 2.19 bits per heavy atom. The molecular weight excluding hydrogens is 208 g/mol. The molecule has 1 N–H and O–H groups in total. The quantitative estimate of drug-likeness (QED) is 0.798. The Balaban J connectivity index is 2.44. The minimum absolute atomic E-state index is 0.0743. The molecule has 1 heterocycles. The van der Waals surface area contributed by atoms with Crippen LogP contribution >= 0.6 is 0 Å². The number of carbonyl (C=O) groups excluding carboxylic acids is 1. The lowest BCUT2D eigenvalue weighted by Crippen LogP contribution is -2.11. The molecule has 4 nitrogen and oxygen atoms in total. The number of hydrogen-bond acceptors (Lipinski definition) is 3. The summed E-state index contributed by atoms with van der Waals surface area (Å²) in [4.78, 5) is 21.4. The van der Waals surface area contributed by atoms with Crippen LogP contribution < -0.4 is 0 Å². The first kappa shape index (κ1) is 10.4. The molecule has 1 unspecified atom stereocenters. The maximum Gasteiger partial charge on any atom is 0.314 e. The van der Waals surface area contributed by atoms with Crippen molar-refractivity contribution in [2.45, 2.75) is 12.3 Å². The van der Waals surface area contributed by atoms with Gasteiger partial charge in [-0.3, -0.25) is 4.79 Å². The topological polar surface area (TPSA) is 67.5 Å². The number of benzene rings is 1. The van der Waals surface area contributed by atoms with E-state index in [1.165, 1.54) is 0 Å². The molecule has 0 saturated heterocycles. The van der Waals surface area contributed by atoms with Gasteiger partial charge in [-0.15, -0.1) is 0 Å². The van der Waals surface area contributed by atoms with Gasteiger partial charge in [0.15, 0.2) is 0 Å². The summed E-state index contributed by atoms with van der Waals surface area (Å²) >= 11 is 0. The SMILES string of the molecule is O=CCC(C(=O)O)c1cc2ccccc2o1. The Labute approximate surface area is 91.5 Å². The Kier molecular flexibility index (Phi) is 2.72. The second-order valence-electron chi connectivity index (χ2n) is 3.48. The van der Waals surface area contributed by atoms with Crippen molar-refractivity contribution in [1.29, 1.82) is 0 Å². The highest BCUT2D eigenvalue weighted by Crippen LogP contribution is 2.26. The first-order valence-electron chi connectivity index (χ1n) is 4.87. The lowest BCUT2D eigenvalue weighted by Gasteiger charge is -2.03. The Hall–Kier alpha value is -2.10. The van der Waals surface area contributed by atoms with E-state index < -0.39 is 11.9 Å². The second-order valence-corrected chi connectivity index (χ2v) is 3.48. The molecule has 2 aromatic rings. The fourth-order valence-corrected chi connectivity index (χ4v) is 1.61. The summed E-state index contributed by atoms with van der Waals surface area (Å²) < 4.78 is 5.40. The van der Waals surface area contributed by atoms with Gasteiger partial charge in [-0.05, 0) is 12.1 Å². The van der Waals surface area contributed by atoms with Crippen molar-refractivity contribution in [2.24, 2.45) is 0 Å². The number of fused-ring (bicyclic) bond motifs is 1. The van der Waals surface area contributed by atoms with E-state index in [9.17, 15) is 9.59 Å². The number of rotatable bonds is 4. The molecule has 0 aliphatic carbocycles. The normalized spacial score (nSPS) is 12.5. The van der Waals surface area contributed by atoms with E-state index in [1.807, 2.05) is 18.2 Å². The van der Waals surface area contributed by atoms with Crippen molar-refractivity contribution >= 4 is 23.2 Å². The van der Waals surface area contributed by atoms with Crippen molar-refractivity contribution in [1.82, 2.24) is 0 Å². The minimum Gasteiger partial charge on any atom is -0.481 e. The molecule has 0 aliphatic heterocycles. The standard InChI is InChI=1S/C12H10O4/c13-6-5-9(12(14)15)11-7-8-3-1-2-4-10(8)16-11/h1-4,6-7,9H,5H2,(H,14,15). The molecule has 2 rings (SSSR count). The maximum atomic E-state index is 10.9.